The molecule has 2 aromatic heterocycles. The van der Waals surface area contributed by atoms with Crippen LogP contribution >= 0.6 is 0 Å². The average molecular weight is 261 g/mol. The van der Waals surface area contributed by atoms with Crippen LogP contribution in [0, 0.1) is 13.8 Å². The van der Waals surface area contributed by atoms with Crippen LogP contribution in [0.2, 0.25) is 0 Å². The summed E-state index contributed by atoms with van der Waals surface area (Å²) in [6.07, 6.45) is 2.90. The van der Waals surface area contributed by atoms with Crippen LogP contribution in [0.4, 0.5) is 0 Å². The maximum Gasteiger partial charge on any atom is 0.259 e. The highest BCUT2D eigenvalue weighted by Crippen LogP contribution is 2.14. The zero-order valence-corrected chi connectivity index (χ0v) is 11.1. The molecule has 0 atom stereocenters. The Balaban J connectivity index is 2.22. The van der Waals surface area contributed by atoms with E-state index in [0.29, 0.717) is 12.3 Å². The Bertz CT molecular complexity index is 638. The molecule has 0 aliphatic heterocycles. The summed E-state index contributed by atoms with van der Waals surface area (Å²) in [7, 11) is 1.64. The smallest absolute Gasteiger partial charge is 0.259 e. The molecule has 0 aliphatic rings. The molecule has 2 heterocycles. The van der Waals surface area contributed by atoms with Crippen molar-refractivity contribution in [1.82, 2.24) is 15.0 Å². The third-order valence-corrected chi connectivity index (χ3v) is 2.98. The third-order valence-electron chi connectivity index (χ3n) is 2.98. The number of carbonyl (C=O) groups excluding carboxylic acids is 1. The first-order chi connectivity index (χ1) is 9.00. The van der Waals surface area contributed by atoms with Gasteiger partial charge in [0.05, 0.1) is 12.2 Å². The molecule has 100 valence electrons. The number of aryl methyl sites for hydroxylation is 2. The zero-order chi connectivity index (χ0) is 14.0. The number of amides is 1. The Morgan fingerprint density at radius 2 is 2.21 bits per heavy atom. The maximum atomic E-state index is 12.2. The van der Waals surface area contributed by atoms with Crippen molar-refractivity contribution in [3.05, 3.63) is 51.3 Å². The fourth-order valence-electron chi connectivity index (χ4n) is 1.83. The molecule has 0 spiro atoms. The highest BCUT2D eigenvalue weighted by molar-refractivity contribution is 5.93. The van der Waals surface area contributed by atoms with Crippen LogP contribution in [0.1, 0.15) is 27.4 Å². The predicted octanol–water partition coefficient (Wildman–Crippen LogP) is 1.25. The molecule has 0 saturated carbocycles. The minimum Gasteiger partial charge on any atom is -0.367 e. The normalized spacial score (nSPS) is 10.5. The van der Waals surface area contributed by atoms with E-state index >= 15 is 0 Å². The minimum atomic E-state index is -0.332. The molecule has 0 saturated heterocycles. The van der Waals surface area contributed by atoms with Gasteiger partial charge in [0.15, 0.2) is 5.43 Å². The van der Waals surface area contributed by atoms with Gasteiger partial charge in [-0.2, -0.15) is 0 Å². The quantitative estimate of drug-likeness (QED) is 0.901. The van der Waals surface area contributed by atoms with E-state index < -0.39 is 0 Å². The summed E-state index contributed by atoms with van der Waals surface area (Å²) in [5, 5.41) is 3.84. The van der Waals surface area contributed by atoms with E-state index in [9.17, 15) is 9.59 Å². The molecule has 19 heavy (non-hydrogen) atoms. The van der Waals surface area contributed by atoms with Gasteiger partial charge in [-0.3, -0.25) is 9.59 Å². The number of nitrogens with one attached hydrogen (secondary N) is 1. The third kappa shape index (κ3) is 2.57. The van der Waals surface area contributed by atoms with Gasteiger partial charge in [0, 0.05) is 31.1 Å². The highest BCUT2D eigenvalue weighted by Gasteiger charge is 2.18. The molecular formula is C13H15N3O3. The summed E-state index contributed by atoms with van der Waals surface area (Å²) >= 11 is 0. The van der Waals surface area contributed by atoms with Crippen molar-refractivity contribution in [2.45, 2.75) is 20.4 Å². The van der Waals surface area contributed by atoms with E-state index in [2.05, 4.69) is 10.1 Å². The van der Waals surface area contributed by atoms with Crippen LogP contribution in [-0.4, -0.2) is 28.0 Å². The number of aromatic nitrogens is 2. The number of nitrogens with zero attached hydrogens (tertiary/aromatic N) is 2. The lowest BCUT2D eigenvalue weighted by Crippen LogP contribution is -2.30. The van der Waals surface area contributed by atoms with E-state index in [-0.39, 0.29) is 16.9 Å². The first-order valence-corrected chi connectivity index (χ1v) is 5.85. The second-order valence-electron chi connectivity index (χ2n) is 4.39. The Kier molecular flexibility index (Phi) is 3.50. The van der Waals surface area contributed by atoms with Crippen LogP contribution in [0.3, 0.4) is 0 Å². The van der Waals surface area contributed by atoms with Gasteiger partial charge in [0.2, 0.25) is 0 Å². The number of H-pyrrole nitrogens is 1. The van der Waals surface area contributed by atoms with Crippen molar-refractivity contribution < 1.29 is 9.32 Å². The first kappa shape index (κ1) is 13.1. The molecule has 0 radical (unpaired) electrons. The Labute approximate surface area is 110 Å². The fourth-order valence-corrected chi connectivity index (χ4v) is 1.83. The van der Waals surface area contributed by atoms with Gasteiger partial charge in [-0.05, 0) is 13.8 Å². The van der Waals surface area contributed by atoms with Crippen molar-refractivity contribution in [1.29, 1.82) is 0 Å². The summed E-state index contributed by atoms with van der Waals surface area (Å²) in [6, 6.07) is 1.33. The summed E-state index contributed by atoms with van der Waals surface area (Å²) in [6.45, 7) is 3.97. The largest absolute Gasteiger partial charge is 0.367 e. The van der Waals surface area contributed by atoms with E-state index in [1.165, 1.54) is 23.4 Å². The molecule has 6 heteroatoms. The van der Waals surface area contributed by atoms with E-state index in [0.717, 1.165) is 11.3 Å². The lowest BCUT2D eigenvalue weighted by molar-refractivity contribution is 0.0783. The van der Waals surface area contributed by atoms with Gasteiger partial charge in [-0.15, -0.1) is 0 Å². The van der Waals surface area contributed by atoms with E-state index in [1.807, 2.05) is 6.92 Å². The number of aromatic amines is 1. The Morgan fingerprint density at radius 3 is 2.79 bits per heavy atom. The van der Waals surface area contributed by atoms with Crippen molar-refractivity contribution >= 4 is 5.91 Å². The van der Waals surface area contributed by atoms with Gasteiger partial charge < -0.3 is 14.4 Å². The van der Waals surface area contributed by atoms with E-state index in [4.69, 9.17) is 4.52 Å². The summed E-state index contributed by atoms with van der Waals surface area (Å²) in [4.78, 5) is 28.0. The molecule has 0 unspecified atom stereocenters. The molecule has 6 nitrogen and oxygen atoms in total. The molecular weight excluding hydrogens is 246 g/mol. The van der Waals surface area contributed by atoms with Gasteiger partial charge >= 0.3 is 0 Å². The lowest BCUT2D eigenvalue weighted by atomic mass is 10.2. The maximum absolute atomic E-state index is 12.2. The van der Waals surface area contributed by atoms with Crippen LogP contribution in [-0.2, 0) is 6.54 Å². The molecule has 2 rings (SSSR count). The summed E-state index contributed by atoms with van der Waals surface area (Å²) in [5.41, 5.74) is 1.44. The van der Waals surface area contributed by atoms with Gasteiger partial charge in [-0.1, -0.05) is 5.16 Å². The molecule has 0 bridgehead atoms. The predicted molar refractivity (Wildman–Crippen MR) is 68.8 cm³/mol. The molecule has 0 aliphatic carbocycles. The van der Waals surface area contributed by atoms with Gasteiger partial charge in [-0.25, -0.2) is 0 Å². The number of pyridine rings is 1. The van der Waals surface area contributed by atoms with Crippen molar-refractivity contribution in [2.24, 2.45) is 0 Å². The fraction of sp³-hybridized carbons (Fsp3) is 0.308. The zero-order valence-electron chi connectivity index (χ0n) is 11.1. The lowest BCUT2D eigenvalue weighted by Gasteiger charge is -2.16. The van der Waals surface area contributed by atoms with Crippen LogP contribution < -0.4 is 5.43 Å². The molecule has 1 amide bonds. The molecule has 1 N–H and O–H groups in total. The highest BCUT2D eigenvalue weighted by atomic mass is 16.5. The first-order valence-electron chi connectivity index (χ1n) is 5.85. The second-order valence-corrected chi connectivity index (χ2v) is 4.39. The molecule has 2 aromatic rings. The number of carbonyl (C=O) groups is 1. The van der Waals surface area contributed by atoms with Crippen molar-refractivity contribution in [3.63, 3.8) is 0 Å². The number of hydrogen-bond acceptors (Lipinski definition) is 4. The molecule has 0 fully saturated rings. The van der Waals surface area contributed by atoms with Crippen molar-refractivity contribution in [2.75, 3.05) is 7.05 Å². The van der Waals surface area contributed by atoms with Crippen LogP contribution in [0.5, 0.6) is 0 Å². The summed E-state index contributed by atoms with van der Waals surface area (Å²) in [5.74, 6) is 0.348. The van der Waals surface area contributed by atoms with Gasteiger partial charge in [0.25, 0.3) is 5.91 Å². The average Bonchev–Trinajstić information content (AvgIpc) is 2.70. The summed E-state index contributed by atoms with van der Waals surface area (Å²) < 4.78 is 5.05. The number of rotatable bonds is 3. The van der Waals surface area contributed by atoms with Crippen LogP contribution in [0.25, 0.3) is 0 Å². The van der Waals surface area contributed by atoms with Gasteiger partial charge in [0.1, 0.15) is 11.3 Å². The standard InChI is InChI=1S/C13H15N3O3/c1-8-11(9(2)19-15-8)7-16(3)13(18)10-6-14-5-4-12(10)17/h4-6H,7H2,1-3H3,(H,14,17). The second kappa shape index (κ2) is 5.09. The van der Waals surface area contributed by atoms with Crippen molar-refractivity contribution in [3.8, 4) is 0 Å². The number of hydrogen-bond donors (Lipinski definition) is 1. The Morgan fingerprint density at radius 1 is 1.47 bits per heavy atom. The SMILES string of the molecule is Cc1noc(C)c1CN(C)C(=O)c1c[nH]ccc1=O. The van der Waals surface area contributed by atoms with E-state index in [1.54, 1.807) is 14.0 Å². The Hall–Kier alpha value is -2.37. The topological polar surface area (TPSA) is 79.2 Å². The molecule has 0 aromatic carbocycles. The van der Waals surface area contributed by atoms with Crippen LogP contribution in [0.15, 0.2) is 27.8 Å². The monoisotopic (exact) mass is 261 g/mol. The minimum absolute atomic E-state index is 0.122.